The van der Waals surface area contributed by atoms with E-state index in [4.69, 9.17) is 0 Å². The van der Waals surface area contributed by atoms with Crippen molar-refractivity contribution in [3.63, 3.8) is 0 Å². The smallest absolute Gasteiger partial charge is 0.258 e. The minimum absolute atomic E-state index is 0.237. The molecule has 0 atom stereocenters. The van der Waals surface area contributed by atoms with Gasteiger partial charge in [0.25, 0.3) is 5.69 Å². The normalized spacial score (nSPS) is 10.1. The first-order valence-corrected chi connectivity index (χ1v) is 4.67. The van der Waals surface area contributed by atoms with Crippen molar-refractivity contribution in [2.24, 2.45) is 0 Å². The lowest BCUT2D eigenvalue weighted by molar-refractivity contribution is -0.385. The quantitative estimate of drug-likeness (QED) is 0.571. The third kappa shape index (κ3) is 2.06. The summed E-state index contributed by atoms with van der Waals surface area (Å²) in [6.07, 6.45) is 0. The minimum Gasteiger partial charge on any atom is -0.258 e. The fourth-order valence-electron chi connectivity index (χ4n) is 1.48. The van der Waals surface area contributed by atoms with Crippen LogP contribution in [0.15, 0.2) is 48.5 Å². The largest absolute Gasteiger partial charge is 0.272 e. The average Bonchev–Trinajstić information content (AvgIpc) is 2.29. The van der Waals surface area contributed by atoms with Crippen LogP contribution in [0.3, 0.4) is 0 Å². The van der Waals surface area contributed by atoms with Crippen LogP contribution in [-0.4, -0.2) is 4.92 Å². The SMILES string of the molecule is O=[N+]([O-])c1cc(F)cc(-c2ccccc2)c1. The molecule has 0 saturated heterocycles. The monoisotopic (exact) mass is 217 g/mol. The molecule has 16 heavy (non-hydrogen) atoms. The van der Waals surface area contributed by atoms with Gasteiger partial charge < -0.3 is 0 Å². The fraction of sp³-hybridized carbons (Fsp3) is 0. The number of halogens is 1. The average molecular weight is 217 g/mol. The molecule has 0 spiro atoms. The second-order valence-corrected chi connectivity index (χ2v) is 3.32. The van der Waals surface area contributed by atoms with Gasteiger partial charge in [-0.05, 0) is 17.2 Å². The summed E-state index contributed by atoms with van der Waals surface area (Å²) in [7, 11) is 0. The molecule has 2 rings (SSSR count). The predicted octanol–water partition coefficient (Wildman–Crippen LogP) is 3.40. The van der Waals surface area contributed by atoms with Crippen LogP contribution in [0.1, 0.15) is 0 Å². The molecule has 0 fully saturated rings. The highest BCUT2D eigenvalue weighted by atomic mass is 19.1. The molecule has 3 nitrogen and oxygen atoms in total. The van der Waals surface area contributed by atoms with E-state index in [1.807, 2.05) is 6.07 Å². The van der Waals surface area contributed by atoms with Gasteiger partial charge in [0, 0.05) is 6.07 Å². The summed E-state index contributed by atoms with van der Waals surface area (Å²) in [5.74, 6) is -0.604. The molecule has 0 aliphatic carbocycles. The second kappa shape index (κ2) is 4.10. The van der Waals surface area contributed by atoms with Gasteiger partial charge in [0.2, 0.25) is 0 Å². The van der Waals surface area contributed by atoms with Crippen molar-refractivity contribution >= 4 is 5.69 Å². The van der Waals surface area contributed by atoms with Crippen molar-refractivity contribution in [2.45, 2.75) is 0 Å². The molecule has 2 aromatic rings. The summed E-state index contributed by atoms with van der Waals surface area (Å²) >= 11 is 0. The highest BCUT2D eigenvalue weighted by molar-refractivity contribution is 5.66. The Bertz CT molecular complexity index is 526. The van der Waals surface area contributed by atoms with Gasteiger partial charge in [-0.25, -0.2) is 4.39 Å². The van der Waals surface area contributed by atoms with E-state index in [1.165, 1.54) is 12.1 Å². The Morgan fingerprint density at radius 2 is 1.69 bits per heavy atom. The van der Waals surface area contributed by atoms with E-state index >= 15 is 0 Å². The molecule has 4 heteroatoms. The van der Waals surface area contributed by atoms with Gasteiger partial charge in [-0.15, -0.1) is 0 Å². The second-order valence-electron chi connectivity index (χ2n) is 3.32. The zero-order valence-corrected chi connectivity index (χ0v) is 8.26. The summed E-state index contributed by atoms with van der Waals surface area (Å²) in [6, 6.07) is 12.5. The number of hydrogen-bond acceptors (Lipinski definition) is 2. The Morgan fingerprint density at radius 1 is 1.00 bits per heavy atom. The Morgan fingerprint density at radius 3 is 2.31 bits per heavy atom. The summed E-state index contributed by atoms with van der Waals surface area (Å²) in [5.41, 5.74) is 1.02. The zero-order valence-electron chi connectivity index (χ0n) is 8.26. The molecule has 0 saturated carbocycles. The van der Waals surface area contributed by atoms with E-state index in [9.17, 15) is 14.5 Å². The van der Waals surface area contributed by atoms with Crippen LogP contribution in [0.4, 0.5) is 10.1 Å². The van der Waals surface area contributed by atoms with E-state index in [-0.39, 0.29) is 5.69 Å². The predicted molar refractivity (Wildman–Crippen MR) is 58.5 cm³/mol. The lowest BCUT2D eigenvalue weighted by Gasteiger charge is -2.01. The highest BCUT2D eigenvalue weighted by Gasteiger charge is 2.10. The molecule has 0 heterocycles. The number of benzene rings is 2. The first kappa shape index (κ1) is 10.3. The maximum absolute atomic E-state index is 13.2. The Kier molecular flexibility index (Phi) is 2.64. The van der Waals surface area contributed by atoms with Crippen molar-refractivity contribution < 1.29 is 9.31 Å². The summed E-state index contributed by atoms with van der Waals surface area (Å²) in [6.45, 7) is 0. The standard InChI is InChI=1S/C12H8FNO2/c13-11-6-10(7-12(8-11)14(15)16)9-4-2-1-3-5-9/h1-8H. The van der Waals surface area contributed by atoms with E-state index < -0.39 is 10.7 Å². The highest BCUT2D eigenvalue weighted by Crippen LogP contribution is 2.25. The van der Waals surface area contributed by atoms with Crippen LogP contribution in [0.25, 0.3) is 11.1 Å². The van der Waals surface area contributed by atoms with Gasteiger partial charge in [0.15, 0.2) is 0 Å². The van der Waals surface area contributed by atoms with Crippen LogP contribution in [0.2, 0.25) is 0 Å². The lowest BCUT2D eigenvalue weighted by atomic mass is 10.1. The van der Waals surface area contributed by atoms with E-state index in [0.717, 1.165) is 11.6 Å². The number of nitro groups is 1. The summed E-state index contributed by atoms with van der Waals surface area (Å²) < 4.78 is 13.2. The zero-order chi connectivity index (χ0) is 11.5. The molecule has 0 N–H and O–H groups in total. The van der Waals surface area contributed by atoms with Gasteiger partial charge >= 0.3 is 0 Å². The number of non-ortho nitro benzene ring substituents is 1. The molecule has 0 bridgehead atoms. The molecule has 0 aromatic heterocycles. The van der Waals surface area contributed by atoms with Crippen molar-refractivity contribution in [3.8, 4) is 11.1 Å². The molecule has 0 radical (unpaired) electrons. The van der Waals surface area contributed by atoms with Crippen LogP contribution in [0, 0.1) is 15.9 Å². The fourth-order valence-corrected chi connectivity index (χ4v) is 1.48. The van der Waals surface area contributed by atoms with Crippen LogP contribution in [-0.2, 0) is 0 Å². The topological polar surface area (TPSA) is 43.1 Å². The number of nitrogens with zero attached hydrogens (tertiary/aromatic N) is 1. The molecule has 80 valence electrons. The van der Waals surface area contributed by atoms with Crippen molar-refractivity contribution in [3.05, 3.63) is 64.5 Å². The third-order valence-electron chi connectivity index (χ3n) is 2.20. The van der Waals surface area contributed by atoms with Gasteiger partial charge in [-0.2, -0.15) is 0 Å². The Hall–Kier alpha value is -2.23. The maximum Gasteiger partial charge on any atom is 0.272 e. The Labute approximate surface area is 91.3 Å². The first-order valence-electron chi connectivity index (χ1n) is 4.67. The van der Waals surface area contributed by atoms with Crippen molar-refractivity contribution in [1.29, 1.82) is 0 Å². The first-order chi connectivity index (χ1) is 7.66. The van der Waals surface area contributed by atoms with Crippen LogP contribution in [0.5, 0.6) is 0 Å². The summed E-state index contributed by atoms with van der Waals surface area (Å²) in [4.78, 5) is 9.97. The number of rotatable bonds is 2. The number of hydrogen-bond donors (Lipinski definition) is 0. The molecular weight excluding hydrogens is 209 g/mol. The van der Waals surface area contributed by atoms with Crippen molar-refractivity contribution in [2.75, 3.05) is 0 Å². The van der Waals surface area contributed by atoms with E-state index in [1.54, 1.807) is 24.3 Å². The third-order valence-corrected chi connectivity index (χ3v) is 2.20. The Balaban J connectivity index is 2.54. The van der Waals surface area contributed by atoms with E-state index in [0.29, 0.717) is 5.56 Å². The van der Waals surface area contributed by atoms with Gasteiger partial charge in [-0.1, -0.05) is 30.3 Å². The molecule has 0 aliphatic heterocycles. The molecule has 2 aromatic carbocycles. The molecular formula is C12H8FNO2. The maximum atomic E-state index is 13.2. The van der Waals surface area contributed by atoms with Gasteiger partial charge in [0.05, 0.1) is 11.0 Å². The van der Waals surface area contributed by atoms with Crippen molar-refractivity contribution in [1.82, 2.24) is 0 Å². The number of nitro benzene ring substituents is 1. The molecule has 0 aliphatic rings. The molecule has 0 unspecified atom stereocenters. The van der Waals surface area contributed by atoms with E-state index in [2.05, 4.69) is 0 Å². The summed E-state index contributed by atoms with van der Waals surface area (Å²) in [5, 5.41) is 10.6. The lowest BCUT2D eigenvalue weighted by Crippen LogP contribution is -1.90. The molecule has 0 amide bonds. The van der Waals surface area contributed by atoms with Gasteiger partial charge in [-0.3, -0.25) is 10.1 Å². The van der Waals surface area contributed by atoms with Gasteiger partial charge in [0.1, 0.15) is 5.82 Å². The van der Waals surface area contributed by atoms with Crippen LogP contribution < -0.4 is 0 Å². The van der Waals surface area contributed by atoms with Crippen LogP contribution >= 0.6 is 0 Å². The minimum atomic E-state index is -0.604.